The van der Waals surface area contributed by atoms with Crippen molar-refractivity contribution >= 4 is 21.9 Å². The third-order valence-electron chi connectivity index (χ3n) is 7.89. The minimum absolute atomic E-state index is 0. The van der Waals surface area contributed by atoms with Crippen LogP contribution in [0.15, 0.2) is 144 Å². The zero-order valence-corrected chi connectivity index (χ0v) is 28.3. The minimum atomic E-state index is -2.36. The van der Waals surface area contributed by atoms with Crippen molar-refractivity contribution in [3.63, 3.8) is 0 Å². The zero-order valence-electron chi connectivity index (χ0n) is 32.9. The molecule has 0 aliphatic rings. The Bertz CT molecular complexity index is 2540. The molecule has 4 heterocycles. The Balaban J connectivity index is 0.000000254. The van der Waals surface area contributed by atoms with E-state index in [9.17, 15) is 1.37 Å². The van der Waals surface area contributed by atoms with Crippen molar-refractivity contribution in [1.29, 1.82) is 0 Å². The molecule has 0 aliphatic carbocycles. The van der Waals surface area contributed by atoms with Crippen molar-refractivity contribution in [2.45, 2.75) is 26.5 Å². The van der Waals surface area contributed by atoms with E-state index in [1.54, 1.807) is 37.4 Å². The van der Waals surface area contributed by atoms with Crippen LogP contribution >= 0.6 is 0 Å². The third-order valence-corrected chi connectivity index (χ3v) is 7.89. The van der Waals surface area contributed by atoms with Gasteiger partial charge in [-0.05, 0) is 76.6 Å². The third kappa shape index (κ3) is 6.75. The molecule has 48 heavy (non-hydrogen) atoms. The van der Waals surface area contributed by atoms with Crippen molar-refractivity contribution in [1.82, 2.24) is 15.0 Å². The van der Waals surface area contributed by atoms with E-state index >= 15 is 0 Å². The second kappa shape index (κ2) is 14.7. The fraction of sp³-hybridized carbons (Fsp3) is 0.0930. The molecular formula is C43H33IrN3O-2. The molecule has 0 spiro atoms. The van der Waals surface area contributed by atoms with Crippen molar-refractivity contribution in [2.24, 2.45) is 0 Å². The van der Waals surface area contributed by atoms with Crippen LogP contribution in [-0.2, 0) is 20.1 Å². The molecule has 8 aromatic rings. The van der Waals surface area contributed by atoms with E-state index in [1.165, 1.54) is 6.20 Å². The number of pyridine rings is 3. The van der Waals surface area contributed by atoms with E-state index < -0.39 is 19.6 Å². The van der Waals surface area contributed by atoms with Gasteiger partial charge in [-0.3, -0.25) is 0 Å². The molecule has 1 unspecified atom stereocenters. The van der Waals surface area contributed by atoms with Gasteiger partial charge >= 0.3 is 0 Å². The summed E-state index contributed by atoms with van der Waals surface area (Å²) in [5.74, 6) is -1.18. The Hall–Kier alpha value is -5.22. The van der Waals surface area contributed by atoms with Crippen LogP contribution < -0.4 is 0 Å². The van der Waals surface area contributed by atoms with Gasteiger partial charge < -0.3 is 19.4 Å². The Morgan fingerprint density at radius 3 is 2.25 bits per heavy atom. The Morgan fingerprint density at radius 2 is 1.52 bits per heavy atom. The summed E-state index contributed by atoms with van der Waals surface area (Å²) >= 11 is 0. The fourth-order valence-electron chi connectivity index (χ4n) is 5.49. The Labute approximate surface area is 304 Å². The summed E-state index contributed by atoms with van der Waals surface area (Å²) in [5, 5.41) is 1.52. The largest absolute Gasteiger partial charge is 0.500 e. The molecule has 0 amide bonds. The Morgan fingerprint density at radius 1 is 0.771 bits per heavy atom. The van der Waals surface area contributed by atoms with E-state index in [1.807, 2.05) is 103 Å². The summed E-state index contributed by atoms with van der Waals surface area (Å²) in [4.78, 5) is 13.4. The van der Waals surface area contributed by atoms with Gasteiger partial charge in [-0.15, -0.1) is 35.9 Å². The molecule has 8 rings (SSSR count). The van der Waals surface area contributed by atoms with E-state index in [4.69, 9.17) is 12.6 Å². The molecule has 4 aromatic carbocycles. The molecule has 0 N–H and O–H groups in total. The van der Waals surface area contributed by atoms with Crippen LogP contribution in [0.4, 0.5) is 0 Å². The number of hydrogen-bond acceptors (Lipinski definition) is 4. The summed E-state index contributed by atoms with van der Waals surface area (Å²) in [6, 6.07) is 41.8. The van der Waals surface area contributed by atoms with Crippen molar-refractivity contribution in [2.75, 3.05) is 0 Å². The topological polar surface area (TPSA) is 51.8 Å². The molecule has 0 bridgehead atoms. The zero-order chi connectivity index (χ0) is 38.1. The molecule has 1 atom stereocenters. The van der Waals surface area contributed by atoms with Crippen LogP contribution in [0, 0.1) is 26.0 Å². The molecule has 0 aliphatic heterocycles. The number of fused-ring (bicyclic) bond motifs is 3. The van der Waals surface area contributed by atoms with Crippen molar-refractivity contribution < 1.29 is 34.1 Å². The fourth-order valence-corrected chi connectivity index (χ4v) is 5.49. The van der Waals surface area contributed by atoms with Crippen LogP contribution in [0.2, 0.25) is 0 Å². The number of aryl methyl sites for hydroxylation is 2. The molecule has 4 nitrogen and oxygen atoms in total. The quantitative estimate of drug-likeness (QED) is 0.163. The monoisotopic (exact) mass is 807 g/mol. The first-order valence-electron chi connectivity index (χ1n) is 18.6. The van der Waals surface area contributed by atoms with Crippen LogP contribution in [-0.4, -0.2) is 15.0 Å². The summed E-state index contributed by atoms with van der Waals surface area (Å²) in [5.41, 5.74) is 6.61. The maximum Gasteiger partial charge on any atom is 0.121 e. The second-order valence-electron chi connectivity index (χ2n) is 10.9. The normalized spacial score (nSPS) is 14.7. The molecule has 0 saturated heterocycles. The van der Waals surface area contributed by atoms with Crippen LogP contribution in [0.5, 0.6) is 0 Å². The van der Waals surface area contributed by atoms with E-state index in [-0.39, 0.29) is 31.2 Å². The minimum Gasteiger partial charge on any atom is -0.500 e. The van der Waals surface area contributed by atoms with Crippen LogP contribution in [0.1, 0.15) is 44.8 Å². The molecule has 237 valence electrons. The SMILES string of the molecule is [2H]C([2H])([2H])c1cc(-c2[c-]nc(C([2H])(C)c3ccccc3)c3c2oc2ccccc23)ncc1-c1ccccc1.[2H]C([2H])([2H])c1ccc(-c2[c-]cccc2)nc1.[Ir]. The van der Waals surface area contributed by atoms with Gasteiger partial charge in [-0.25, -0.2) is 0 Å². The van der Waals surface area contributed by atoms with Gasteiger partial charge in [0.2, 0.25) is 0 Å². The van der Waals surface area contributed by atoms with Gasteiger partial charge in [0.25, 0.3) is 0 Å². The number of para-hydroxylation sites is 1. The van der Waals surface area contributed by atoms with E-state index in [0.717, 1.165) is 27.8 Å². The van der Waals surface area contributed by atoms with Gasteiger partial charge in [0.1, 0.15) is 5.58 Å². The molecule has 0 fully saturated rings. The standard InChI is InChI=1S/C31H23N2O.C12H10N.Ir/c1-20-17-27(32-18-25(20)23-13-7-4-8-14-23)26-19-33-30(21(2)22-11-5-3-6-12-22)29-24-15-9-10-16-28(24)34-31(26)29;1-10-7-8-12(13-9-10)11-5-3-2-4-6-11;/h3-18,21H,1-2H3;2-5,7-9H,1H3;/q2*-1;/i1D3,21D;1D3;. The molecular weight excluding hydrogens is 767 g/mol. The van der Waals surface area contributed by atoms with Crippen LogP contribution in [0.25, 0.3) is 55.6 Å². The number of hydrogen-bond donors (Lipinski definition) is 0. The first kappa shape index (κ1) is 24.9. The van der Waals surface area contributed by atoms with Crippen molar-refractivity contribution in [3.05, 3.63) is 174 Å². The smallest absolute Gasteiger partial charge is 0.121 e. The number of nitrogens with zero attached hydrogens (tertiary/aromatic N) is 3. The summed E-state index contributed by atoms with van der Waals surface area (Å²) in [6.07, 6.45) is 6.04. The summed E-state index contributed by atoms with van der Waals surface area (Å²) < 4.78 is 62.0. The predicted octanol–water partition coefficient (Wildman–Crippen LogP) is 10.8. The number of aromatic nitrogens is 3. The van der Waals surface area contributed by atoms with Gasteiger partial charge in [0.15, 0.2) is 0 Å². The van der Waals surface area contributed by atoms with Gasteiger partial charge in [-0.1, -0.05) is 110 Å². The number of rotatable bonds is 5. The number of furan rings is 1. The molecule has 5 heteroatoms. The van der Waals surface area contributed by atoms with Gasteiger partial charge in [0, 0.05) is 53.0 Å². The maximum atomic E-state index is 9.30. The van der Waals surface area contributed by atoms with Gasteiger partial charge in [-0.2, -0.15) is 0 Å². The average molecular weight is 807 g/mol. The van der Waals surface area contributed by atoms with Crippen LogP contribution in [0.3, 0.4) is 0 Å². The summed E-state index contributed by atoms with van der Waals surface area (Å²) in [7, 11) is 0. The average Bonchev–Trinajstić information content (AvgIpc) is 3.58. The second-order valence-corrected chi connectivity index (χ2v) is 10.9. The van der Waals surface area contributed by atoms with E-state index in [2.05, 4.69) is 27.2 Å². The summed E-state index contributed by atoms with van der Waals surface area (Å²) in [6.45, 7) is -2.65. The first-order valence-corrected chi connectivity index (χ1v) is 15.1. The number of benzene rings is 4. The van der Waals surface area contributed by atoms with Gasteiger partial charge in [0.05, 0.1) is 5.58 Å². The maximum absolute atomic E-state index is 9.30. The van der Waals surface area contributed by atoms with E-state index in [0.29, 0.717) is 39.1 Å². The predicted molar refractivity (Wildman–Crippen MR) is 191 cm³/mol. The Kier molecular flexibility index (Phi) is 7.61. The first-order chi connectivity index (χ1) is 25.8. The van der Waals surface area contributed by atoms with Crippen molar-refractivity contribution in [3.8, 4) is 33.6 Å². The molecule has 1 radical (unpaired) electrons. The molecule has 0 saturated carbocycles. The molecule has 4 aromatic heterocycles.